The van der Waals surface area contributed by atoms with Crippen LogP contribution >= 0.6 is 7.82 Å². The molecule has 8 heteroatoms. The lowest BCUT2D eigenvalue weighted by Crippen LogP contribution is -2.37. The van der Waals surface area contributed by atoms with Crippen LogP contribution in [0.25, 0.3) is 0 Å². The van der Waals surface area contributed by atoms with E-state index in [1.54, 1.807) is 0 Å². The average molecular weight is 511 g/mol. The molecule has 0 bridgehead atoms. The van der Waals surface area contributed by atoms with E-state index in [2.05, 4.69) is 13.8 Å². The van der Waals surface area contributed by atoms with Crippen molar-refractivity contribution in [3.63, 3.8) is 0 Å². The third kappa shape index (κ3) is 25.1. The lowest BCUT2D eigenvalue weighted by Gasteiger charge is -2.24. The Morgan fingerprint density at radius 2 is 1.18 bits per heavy atom. The summed E-state index contributed by atoms with van der Waals surface area (Å²) in [7, 11) is 1.91. The fraction of sp³-hybridized carbons (Fsp3) is 1.00. The summed E-state index contributed by atoms with van der Waals surface area (Å²) in [6.45, 7) is 6.89. The van der Waals surface area contributed by atoms with E-state index in [9.17, 15) is 9.46 Å². The molecule has 0 radical (unpaired) electrons. The van der Waals surface area contributed by atoms with Gasteiger partial charge in [-0.3, -0.25) is 9.05 Å². The molecule has 0 aliphatic heterocycles. The first-order valence-corrected chi connectivity index (χ1v) is 15.3. The van der Waals surface area contributed by atoms with Gasteiger partial charge < -0.3 is 18.9 Å². The second-order valence-electron chi connectivity index (χ2n) is 10.4. The van der Waals surface area contributed by atoms with Gasteiger partial charge in [-0.1, -0.05) is 90.9 Å². The summed E-state index contributed by atoms with van der Waals surface area (Å²) in [6, 6.07) is 0. The Morgan fingerprint density at radius 3 is 1.71 bits per heavy atom. The Hall–Kier alpha value is -0.0100. The minimum Gasteiger partial charge on any atom is -0.379 e. The van der Waals surface area contributed by atoms with Crippen LogP contribution in [0.5, 0.6) is 0 Å². The van der Waals surface area contributed by atoms with Gasteiger partial charge in [0.15, 0.2) is 0 Å². The molecule has 0 saturated heterocycles. The molecule has 0 spiro atoms. The van der Waals surface area contributed by atoms with Gasteiger partial charge in [-0.2, -0.15) is 0 Å². The van der Waals surface area contributed by atoms with Crippen LogP contribution in [0.15, 0.2) is 0 Å². The molecule has 0 fully saturated rings. The van der Waals surface area contributed by atoms with Crippen LogP contribution < -0.4 is 0 Å². The summed E-state index contributed by atoms with van der Waals surface area (Å²) in [5.74, 6) is 0. The summed E-state index contributed by atoms with van der Waals surface area (Å²) in [4.78, 5) is 10.0. The number of hydrogen-bond acceptors (Lipinski definition) is 5. The van der Waals surface area contributed by atoms with Crippen LogP contribution in [0.2, 0.25) is 0 Å². The van der Waals surface area contributed by atoms with Gasteiger partial charge in [0.25, 0.3) is 0 Å². The van der Waals surface area contributed by atoms with Crippen LogP contribution in [0, 0.1) is 0 Å². The summed E-state index contributed by atoms with van der Waals surface area (Å²) >= 11 is 0. The number of unbranched alkanes of at least 4 members (excludes halogenated alkanes) is 12. The van der Waals surface area contributed by atoms with E-state index in [1.165, 1.54) is 70.6 Å². The predicted octanol–water partition coefficient (Wildman–Crippen LogP) is 6.73. The highest BCUT2D eigenvalue weighted by molar-refractivity contribution is 7.47. The number of likely N-dealkylation sites (N-methyl/N-ethyl adjacent to an activating group) is 1. The maximum atomic E-state index is 12.2. The molecule has 0 amide bonds. The second kappa shape index (κ2) is 22.2. The largest absolute Gasteiger partial charge is 0.472 e. The average Bonchev–Trinajstić information content (AvgIpc) is 2.76. The highest BCUT2D eigenvalue weighted by Crippen LogP contribution is 2.43. The fourth-order valence-electron chi connectivity index (χ4n) is 3.47. The van der Waals surface area contributed by atoms with Crippen molar-refractivity contribution < 1.29 is 32.5 Å². The minimum atomic E-state index is -4.10. The number of hydrogen-bond donors (Lipinski definition) is 1. The fourth-order valence-corrected chi connectivity index (χ4v) is 4.22. The highest BCUT2D eigenvalue weighted by Gasteiger charge is 2.25. The highest BCUT2D eigenvalue weighted by atomic mass is 31.2. The molecule has 0 aromatic heterocycles. The van der Waals surface area contributed by atoms with Crippen molar-refractivity contribution in [2.24, 2.45) is 0 Å². The van der Waals surface area contributed by atoms with Gasteiger partial charge in [0.2, 0.25) is 0 Å². The topological polar surface area (TPSA) is 74.2 Å². The molecule has 1 N–H and O–H groups in total. The molecule has 34 heavy (non-hydrogen) atoms. The smallest absolute Gasteiger partial charge is 0.379 e. The molecule has 0 saturated carbocycles. The molecule has 0 aliphatic rings. The standard InChI is InChI=1S/C26H56NO6P/c1-6-8-10-12-14-15-16-18-21-30-24-26(31-22-19-17-13-11-9-7-2)25-33-34(28,29)32-23-20-27(3,4)5/h26H,6-25H2,1-5H3/p+1/t26-/m1/s1. The van der Waals surface area contributed by atoms with Crippen molar-refractivity contribution in [2.45, 2.75) is 110 Å². The molecule has 0 heterocycles. The molecule has 0 aromatic rings. The van der Waals surface area contributed by atoms with E-state index in [0.717, 1.165) is 19.3 Å². The third-order valence-corrected chi connectivity index (χ3v) is 6.72. The van der Waals surface area contributed by atoms with Crippen LogP contribution in [-0.4, -0.2) is 76.2 Å². The van der Waals surface area contributed by atoms with E-state index in [0.29, 0.717) is 30.8 Å². The van der Waals surface area contributed by atoms with Crippen molar-refractivity contribution >= 4 is 7.82 Å². The van der Waals surface area contributed by atoms with Crippen molar-refractivity contribution in [2.75, 3.05) is 60.7 Å². The van der Waals surface area contributed by atoms with E-state index < -0.39 is 7.82 Å². The van der Waals surface area contributed by atoms with Crippen LogP contribution in [0.1, 0.15) is 104 Å². The number of ether oxygens (including phenoxy) is 2. The first-order valence-electron chi connectivity index (χ1n) is 13.8. The zero-order valence-corrected chi connectivity index (χ0v) is 24.0. The van der Waals surface area contributed by atoms with E-state index in [-0.39, 0.29) is 19.3 Å². The van der Waals surface area contributed by atoms with E-state index in [4.69, 9.17) is 18.5 Å². The van der Waals surface area contributed by atoms with Crippen molar-refractivity contribution in [3.05, 3.63) is 0 Å². The number of rotatable bonds is 26. The molecule has 206 valence electrons. The molecule has 7 nitrogen and oxygen atoms in total. The van der Waals surface area contributed by atoms with Crippen molar-refractivity contribution in [3.8, 4) is 0 Å². The number of nitrogens with zero attached hydrogens (tertiary/aromatic N) is 1. The Balaban J connectivity index is 4.21. The van der Waals surface area contributed by atoms with Gasteiger partial charge in [0.1, 0.15) is 19.3 Å². The summed E-state index contributed by atoms with van der Waals surface area (Å²) in [6.07, 6.45) is 16.8. The Labute approximate surface area is 211 Å². The maximum absolute atomic E-state index is 12.2. The molecule has 0 aliphatic carbocycles. The monoisotopic (exact) mass is 510 g/mol. The zero-order chi connectivity index (χ0) is 25.5. The molecule has 0 aromatic carbocycles. The van der Waals surface area contributed by atoms with Gasteiger partial charge in [0.05, 0.1) is 34.4 Å². The lowest BCUT2D eigenvalue weighted by atomic mass is 10.1. The number of phosphoric acid groups is 1. The second-order valence-corrected chi connectivity index (χ2v) is 11.9. The van der Waals surface area contributed by atoms with E-state index >= 15 is 0 Å². The Morgan fingerprint density at radius 1 is 0.676 bits per heavy atom. The maximum Gasteiger partial charge on any atom is 0.472 e. The zero-order valence-electron chi connectivity index (χ0n) is 23.1. The normalized spacial score (nSPS) is 14.9. The first kappa shape index (κ1) is 34.0. The first-order chi connectivity index (χ1) is 16.2. The van der Waals surface area contributed by atoms with Crippen molar-refractivity contribution in [1.29, 1.82) is 0 Å². The third-order valence-electron chi connectivity index (χ3n) is 5.74. The predicted molar refractivity (Wildman–Crippen MR) is 141 cm³/mol. The minimum absolute atomic E-state index is 0.00852. The molecular formula is C26H57NO6P+. The molecular weight excluding hydrogens is 453 g/mol. The summed E-state index contributed by atoms with van der Waals surface area (Å²) in [5.41, 5.74) is 0. The van der Waals surface area contributed by atoms with E-state index in [1.807, 2.05) is 21.1 Å². The number of phosphoric ester groups is 1. The van der Waals surface area contributed by atoms with Gasteiger partial charge in [-0.15, -0.1) is 0 Å². The van der Waals surface area contributed by atoms with Crippen LogP contribution in [0.3, 0.4) is 0 Å². The van der Waals surface area contributed by atoms with Gasteiger partial charge in [-0.25, -0.2) is 4.57 Å². The quantitative estimate of drug-likeness (QED) is 0.0790. The summed E-state index contributed by atoms with van der Waals surface area (Å²) in [5, 5.41) is 0. The molecule has 2 atom stereocenters. The Kier molecular flexibility index (Phi) is 22.2. The molecule has 1 unspecified atom stereocenters. The van der Waals surface area contributed by atoms with Crippen LogP contribution in [-0.2, 0) is 23.1 Å². The number of quaternary nitrogens is 1. The SMILES string of the molecule is CCCCCCCCCCOC[C@H](COP(=O)(O)OCC[N+](C)(C)C)OCCCCCCCC. The van der Waals surface area contributed by atoms with Crippen molar-refractivity contribution in [1.82, 2.24) is 0 Å². The van der Waals surface area contributed by atoms with Crippen LogP contribution in [0.4, 0.5) is 0 Å². The van der Waals surface area contributed by atoms with Gasteiger partial charge >= 0.3 is 7.82 Å². The Bertz CT molecular complexity index is 486. The lowest BCUT2D eigenvalue weighted by molar-refractivity contribution is -0.870. The van der Waals surface area contributed by atoms with Gasteiger partial charge in [0, 0.05) is 13.2 Å². The molecule has 0 rings (SSSR count). The van der Waals surface area contributed by atoms with Gasteiger partial charge in [-0.05, 0) is 12.8 Å². The summed E-state index contributed by atoms with van der Waals surface area (Å²) < 4.78 is 35.0.